The molecule has 0 saturated heterocycles. The van der Waals surface area contributed by atoms with Crippen LogP contribution in [0.15, 0.2) is 23.3 Å². The van der Waals surface area contributed by atoms with Gasteiger partial charge in [-0.15, -0.1) is 0 Å². The fourth-order valence-electron chi connectivity index (χ4n) is 9.62. The van der Waals surface area contributed by atoms with Crippen molar-refractivity contribution in [3.05, 3.63) is 23.3 Å². The molecular formula is C38H68N2. The third kappa shape index (κ3) is 8.49. The van der Waals surface area contributed by atoms with E-state index < -0.39 is 0 Å². The molecule has 0 aromatic rings. The molecule has 4 fully saturated rings. The van der Waals surface area contributed by atoms with Crippen LogP contribution in [0.4, 0.5) is 0 Å². The zero-order chi connectivity index (χ0) is 28.5. The van der Waals surface area contributed by atoms with E-state index in [1.807, 2.05) is 11.1 Å². The lowest BCUT2D eigenvalue weighted by Crippen LogP contribution is -2.40. The minimum Gasteiger partial charge on any atom is -0.301 e. The van der Waals surface area contributed by atoms with E-state index in [0.717, 1.165) is 47.6 Å². The first-order chi connectivity index (χ1) is 19.5. The van der Waals surface area contributed by atoms with Crippen molar-refractivity contribution in [1.82, 2.24) is 9.80 Å². The smallest absolute Gasteiger partial charge is 0.00954 e. The lowest BCUT2D eigenvalue weighted by molar-refractivity contribution is 0.139. The van der Waals surface area contributed by atoms with Crippen LogP contribution in [0.2, 0.25) is 0 Å². The van der Waals surface area contributed by atoms with E-state index in [1.165, 1.54) is 129 Å². The maximum absolute atomic E-state index is 2.79. The SMILES string of the molecule is CCN(CC)C1CCC(C(=CC=C(C2CCC(C)CC2)C2CCC(C)CC2)C2CCC(N(CC)CC)CC2)CC1. The molecule has 0 spiro atoms. The van der Waals surface area contributed by atoms with Crippen LogP contribution in [0.5, 0.6) is 0 Å². The van der Waals surface area contributed by atoms with Crippen LogP contribution in [-0.2, 0) is 0 Å². The minimum atomic E-state index is 0.825. The molecule has 0 unspecified atom stereocenters. The number of rotatable bonds is 11. The average molecular weight is 553 g/mol. The Kier molecular flexibility index (Phi) is 13.2. The van der Waals surface area contributed by atoms with Gasteiger partial charge in [-0.05, 0) is 139 Å². The molecule has 0 amide bonds. The quantitative estimate of drug-likeness (QED) is 0.235. The molecule has 2 heteroatoms. The molecule has 0 bridgehead atoms. The Hall–Kier alpha value is -0.600. The van der Waals surface area contributed by atoms with Crippen molar-refractivity contribution < 1.29 is 0 Å². The molecule has 40 heavy (non-hydrogen) atoms. The molecule has 0 heterocycles. The summed E-state index contributed by atoms with van der Waals surface area (Å²) < 4.78 is 0. The summed E-state index contributed by atoms with van der Waals surface area (Å²) in [6.07, 6.45) is 28.5. The number of nitrogens with zero attached hydrogens (tertiary/aromatic N) is 2. The number of hydrogen-bond acceptors (Lipinski definition) is 2. The molecule has 2 nitrogen and oxygen atoms in total. The topological polar surface area (TPSA) is 6.48 Å². The Balaban J connectivity index is 1.56. The van der Waals surface area contributed by atoms with Crippen molar-refractivity contribution in [2.75, 3.05) is 26.2 Å². The van der Waals surface area contributed by atoms with Crippen LogP contribution in [0, 0.1) is 35.5 Å². The predicted octanol–water partition coefficient (Wildman–Crippen LogP) is 10.3. The second-order valence-corrected chi connectivity index (χ2v) is 14.7. The molecule has 0 atom stereocenters. The predicted molar refractivity (Wildman–Crippen MR) is 176 cm³/mol. The van der Waals surface area contributed by atoms with E-state index in [-0.39, 0.29) is 0 Å². The highest BCUT2D eigenvalue weighted by molar-refractivity contribution is 5.26. The zero-order valence-electron chi connectivity index (χ0n) is 27.8. The highest BCUT2D eigenvalue weighted by Crippen LogP contribution is 2.44. The molecule has 0 aliphatic heterocycles. The lowest BCUT2D eigenvalue weighted by atomic mass is 9.69. The standard InChI is InChI=1S/C38H68N2/c1-7-39(8-2)35-23-19-33(20-24-35)38(34-21-25-36(26-22-34)40(9-3)10-4)28-27-37(31-15-11-29(5)12-16-31)32-17-13-30(6)14-18-32/h27-36H,7-26H2,1-6H3. The normalized spacial score (nSPS) is 35.5. The Bertz CT molecular complexity index is 699. The second-order valence-electron chi connectivity index (χ2n) is 14.7. The maximum atomic E-state index is 2.79. The van der Waals surface area contributed by atoms with E-state index in [9.17, 15) is 0 Å². The second kappa shape index (κ2) is 16.3. The van der Waals surface area contributed by atoms with Crippen molar-refractivity contribution in [3.63, 3.8) is 0 Å². The highest BCUT2D eigenvalue weighted by atomic mass is 15.1. The van der Waals surface area contributed by atoms with Crippen molar-refractivity contribution in [2.24, 2.45) is 35.5 Å². The van der Waals surface area contributed by atoms with Gasteiger partial charge in [0.25, 0.3) is 0 Å². The fraction of sp³-hybridized carbons (Fsp3) is 0.895. The van der Waals surface area contributed by atoms with Gasteiger partial charge in [0.15, 0.2) is 0 Å². The summed E-state index contributed by atoms with van der Waals surface area (Å²) in [5, 5.41) is 0. The first kappa shape index (κ1) is 32.3. The summed E-state index contributed by atoms with van der Waals surface area (Å²) >= 11 is 0. The Morgan fingerprint density at radius 1 is 0.425 bits per heavy atom. The molecular weight excluding hydrogens is 484 g/mol. The first-order valence-corrected chi connectivity index (χ1v) is 18.4. The summed E-state index contributed by atoms with van der Waals surface area (Å²) in [6, 6.07) is 1.65. The summed E-state index contributed by atoms with van der Waals surface area (Å²) in [7, 11) is 0. The first-order valence-electron chi connectivity index (χ1n) is 18.4. The summed E-state index contributed by atoms with van der Waals surface area (Å²) in [6.45, 7) is 19.3. The van der Waals surface area contributed by atoms with Crippen LogP contribution in [0.1, 0.15) is 144 Å². The molecule has 4 aliphatic rings. The van der Waals surface area contributed by atoms with Gasteiger partial charge in [-0.1, -0.05) is 90.5 Å². The summed E-state index contributed by atoms with van der Waals surface area (Å²) in [5.74, 6) is 5.27. The minimum absolute atomic E-state index is 0.825. The molecule has 0 radical (unpaired) electrons. The largest absolute Gasteiger partial charge is 0.301 e. The molecule has 0 aromatic heterocycles. The molecule has 4 saturated carbocycles. The maximum Gasteiger partial charge on any atom is 0.00954 e. The van der Waals surface area contributed by atoms with Gasteiger partial charge in [-0.2, -0.15) is 0 Å². The summed E-state index contributed by atoms with van der Waals surface area (Å²) in [4.78, 5) is 5.47. The van der Waals surface area contributed by atoms with Crippen LogP contribution < -0.4 is 0 Å². The summed E-state index contributed by atoms with van der Waals surface area (Å²) in [5.41, 5.74) is 3.78. The third-order valence-corrected chi connectivity index (χ3v) is 12.4. The van der Waals surface area contributed by atoms with Crippen LogP contribution in [0.3, 0.4) is 0 Å². The molecule has 0 N–H and O–H groups in total. The number of hydrogen-bond donors (Lipinski definition) is 0. The number of allylic oxidation sites excluding steroid dienone is 4. The Labute approximate surface area is 250 Å². The van der Waals surface area contributed by atoms with E-state index in [0.29, 0.717) is 0 Å². The van der Waals surface area contributed by atoms with Crippen molar-refractivity contribution >= 4 is 0 Å². The molecule has 4 rings (SSSR count). The van der Waals surface area contributed by atoms with Gasteiger partial charge >= 0.3 is 0 Å². The van der Waals surface area contributed by atoms with Crippen LogP contribution in [-0.4, -0.2) is 48.1 Å². The Morgan fingerprint density at radius 3 is 0.925 bits per heavy atom. The fourth-order valence-corrected chi connectivity index (χ4v) is 9.62. The van der Waals surface area contributed by atoms with Gasteiger partial charge in [-0.25, -0.2) is 0 Å². The van der Waals surface area contributed by atoms with Gasteiger partial charge < -0.3 is 9.80 Å². The molecule has 0 aromatic carbocycles. The average Bonchev–Trinajstić information content (AvgIpc) is 2.99. The van der Waals surface area contributed by atoms with Gasteiger partial charge in [0.05, 0.1) is 0 Å². The highest BCUT2D eigenvalue weighted by Gasteiger charge is 2.33. The monoisotopic (exact) mass is 553 g/mol. The van der Waals surface area contributed by atoms with Crippen molar-refractivity contribution in [1.29, 1.82) is 0 Å². The van der Waals surface area contributed by atoms with Crippen LogP contribution in [0.25, 0.3) is 0 Å². The Morgan fingerprint density at radius 2 is 0.675 bits per heavy atom. The van der Waals surface area contributed by atoms with Gasteiger partial charge in [0, 0.05) is 12.1 Å². The van der Waals surface area contributed by atoms with Gasteiger partial charge in [0.1, 0.15) is 0 Å². The van der Waals surface area contributed by atoms with Gasteiger partial charge in [0.2, 0.25) is 0 Å². The van der Waals surface area contributed by atoms with Crippen LogP contribution >= 0.6 is 0 Å². The zero-order valence-corrected chi connectivity index (χ0v) is 27.8. The van der Waals surface area contributed by atoms with Crippen molar-refractivity contribution in [2.45, 2.75) is 156 Å². The van der Waals surface area contributed by atoms with Crippen molar-refractivity contribution in [3.8, 4) is 0 Å². The van der Waals surface area contributed by atoms with E-state index >= 15 is 0 Å². The molecule has 4 aliphatic carbocycles. The molecule has 230 valence electrons. The van der Waals surface area contributed by atoms with E-state index in [4.69, 9.17) is 0 Å². The van der Waals surface area contributed by atoms with Gasteiger partial charge in [-0.3, -0.25) is 0 Å². The van der Waals surface area contributed by atoms with E-state index in [2.05, 4.69) is 63.5 Å². The van der Waals surface area contributed by atoms with E-state index in [1.54, 1.807) is 0 Å². The lowest BCUT2D eigenvalue weighted by Gasteiger charge is -2.41. The third-order valence-electron chi connectivity index (χ3n) is 12.4.